The highest BCUT2D eigenvalue weighted by Crippen LogP contribution is 2.28. The van der Waals surface area contributed by atoms with Gasteiger partial charge in [-0.1, -0.05) is 24.2 Å². The first-order valence-electron chi connectivity index (χ1n) is 6.19. The van der Waals surface area contributed by atoms with Crippen LogP contribution in [-0.2, 0) is 0 Å². The van der Waals surface area contributed by atoms with Crippen LogP contribution >= 0.6 is 11.8 Å². The van der Waals surface area contributed by atoms with Crippen LogP contribution in [0.2, 0.25) is 0 Å². The predicted molar refractivity (Wildman–Crippen MR) is 77.7 cm³/mol. The number of anilines is 1. The van der Waals surface area contributed by atoms with Crippen LogP contribution in [-0.4, -0.2) is 35.1 Å². The highest BCUT2D eigenvalue weighted by molar-refractivity contribution is 8.00. The van der Waals surface area contributed by atoms with Gasteiger partial charge in [0.05, 0.1) is 0 Å². The van der Waals surface area contributed by atoms with Gasteiger partial charge in [-0.3, -0.25) is 0 Å². The van der Waals surface area contributed by atoms with E-state index in [1.807, 2.05) is 36.0 Å². The van der Waals surface area contributed by atoms with E-state index in [0.29, 0.717) is 5.25 Å². The molecule has 1 saturated heterocycles. The Morgan fingerprint density at radius 2 is 2.33 bits per heavy atom. The van der Waals surface area contributed by atoms with Gasteiger partial charge in [-0.05, 0) is 18.6 Å². The Bertz CT molecular complexity index is 436. The summed E-state index contributed by atoms with van der Waals surface area (Å²) in [7, 11) is 0. The van der Waals surface area contributed by atoms with E-state index < -0.39 is 0 Å². The largest absolute Gasteiger partial charge is 0.409 e. The van der Waals surface area contributed by atoms with Gasteiger partial charge in [0, 0.05) is 35.3 Å². The number of amidine groups is 1. The zero-order valence-corrected chi connectivity index (χ0v) is 11.4. The molecule has 18 heavy (non-hydrogen) atoms. The van der Waals surface area contributed by atoms with E-state index in [0.717, 1.165) is 30.1 Å². The molecule has 1 aliphatic rings. The first-order chi connectivity index (χ1) is 8.76. The van der Waals surface area contributed by atoms with Gasteiger partial charge < -0.3 is 15.8 Å². The van der Waals surface area contributed by atoms with Crippen LogP contribution in [0.25, 0.3) is 0 Å². The molecule has 4 nitrogen and oxygen atoms in total. The minimum Gasteiger partial charge on any atom is -0.409 e. The fraction of sp³-hybridized carbons (Fsp3) is 0.462. The normalized spacial score (nSPS) is 21.1. The third kappa shape index (κ3) is 2.72. The van der Waals surface area contributed by atoms with Gasteiger partial charge in [-0.15, -0.1) is 0 Å². The monoisotopic (exact) mass is 265 g/mol. The van der Waals surface area contributed by atoms with Crippen molar-refractivity contribution in [3.63, 3.8) is 0 Å². The molecule has 0 spiro atoms. The topological polar surface area (TPSA) is 61.8 Å². The molecular weight excluding hydrogens is 246 g/mol. The van der Waals surface area contributed by atoms with Crippen LogP contribution in [0.3, 0.4) is 0 Å². The molecular formula is C13H19N3OS. The Labute approximate surface area is 112 Å². The first-order valence-corrected chi connectivity index (χ1v) is 7.24. The Morgan fingerprint density at radius 1 is 1.56 bits per heavy atom. The summed E-state index contributed by atoms with van der Waals surface area (Å²) in [6.07, 6.45) is 1.17. The number of thioether (sulfide) groups is 1. The molecule has 3 N–H and O–H groups in total. The van der Waals surface area contributed by atoms with Gasteiger partial charge in [0.15, 0.2) is 5.84 Å². The molecule has 1 unspecified atom stereocenters. The van der Waals surface area contributed by atoms with E-state index in [4.69, 9.17) is 10.9 Å². The second-order valence-corrected chi connectivity index (χ2v) is 5.76. The lowest BCUT2D eigenvalue weighted by Crippen LogP contribution is -2.38. The lowest BCUT2D eigenvalue weighted by molar-refractivity contribution is 0.318. The molecule has 1 fully saturated rings. The molecule has 0 saturated carbocycles. The fourth-order valence-corrected chi connectivity index (χ4v) is 3.39. The molecule has 5 heteroatoms. The lowest BCUT2D eigenvalue weighted by atomic mass is 10.1. The maximum Gasteiger partial charge on any atom is 0.172 e. The summed E-state index contributed by atoms with van der Waals surface area (Å²) < 4.78 is 0. The molecule has 0 amide bonds. The zero-order chi connectivity index (χ0) is 13.0. The number of hydrogen-bond donors (Lipinski definition) is 2. The minimum atomic E-state index is 0.178. The second-order valence-electron chi connectivity index (χ2n) is 4.35. The zero-order valence-electron chi connectivity index (χ0n) is 10.5. The van der Waals surface area contributed by atoms with E-state index in [1.165, 1.54) is 6.42 Å². The van der Waals surface area contributed by atoms with Crippen molar-refractivity contribution in [3.8, 4) is 0 Å². The summed E-state index contributed by atoms with van der Waals surface area (Å²) in [4.78, 5) is 2.33. The molecule has 0 radical (unpaired) electrons. The predicted octanol–water partition coefficient (Wildman–Crippen LogP) is 2.11. The Balaban J connectivity index is 2.27. The van der Waals surface area contributed by atoms with E-state index in [9.17, 15) is 0 Å². The number of hydrogen-bond acceptors (Lipinski definition) is 4. The summed E-state index contributed by atoms with van der Waals surface area (Å²) in [6, 6.07) is 7.84. The quantitative estimate of drug-likeness (QED) is 0.380. The van der Waals surface area contributed by atoms with Crippen molar-refractivity contribution < 1.29 is 5.21 Å². The third-order valence-electron chi connectivity index (χ3n) is 3.22. The van der Waals surface area contributed by atoms with E-state index >= 15 is 0 Å². The number of rotatable bonds is 3. The van der Waals surface area contributed by atoms with Gasteiger partial charge >= 0.3 is 0 Å². The molecule has 0 aliphatic carbocycles. The number of nitrogens with two attached hydrogens (primary N) is 1. The average molecular weight is 265 g/mol. The van der Waals surface area contributed by atoms with Crippen LogP contribution in [0.4, 0.5) is 5.69 Å². The smallest absolute Gasteiger partial charge is 0.172 e. The molecule has 1 aliphatic heterocycles. The van der Waals surface area contributed by atoms with Crippen molar-refractivity contribution in [3.05, 3.63) is 29.8 Å². The highest BCUT2D eigenvalue weighted by atomic mass is 32.2. The van der Waals surface area contributed by atoms with Crippen molar-refractivity contribution in [2.75, 3.05) is 23.7 Å². The molecule has 2 rings (SSSR count). The van der Waals surface area contributed by atoms with E-state index in [1.54, 1.807) is 0 Å². The number of oxime groups is 1. The molecule has 98 valence electrons. The molecule has 0 bridgehead atoms. The number of para-hydroxylation sites is 1. The fourth-order valence-electron chi connectivity index (χ4n) is 2.20. The molecule has 1 atom stereocenters. The van der Waals surface area contributed by atoms with E-state index in [2.05, 4.69) is 17.0 Å². The maximum atomic E-state index is 8.85. The Kier molecular flexibility index (Phi) is 4.36. The van der Waals surface area contributed by atoms with Gasteiger partial charge in [0.1, 0.15) is 0 Å². The Morgan fingerprint density at radius 3 is 3.06 bits per heavy atom. The van der Waals surface area contributed by atoms with Crippen LogP contribution in [0.1, 0.15) is 18.9 Å². The third-order valence-corrected chi connectivity index (χ3v) is 4.59. The number of benzene rings is 1. The van der Waals surface area contributed by atoms with Crippen molar-refractivity contribution in [1.29, 1.82) is 0 Å². The number of nitrogens with zero attached hydrogens (tertiary/aromatic N) is 2. The highest BCUT2D eigenvalue weighted by Gasteiger charge is 2.21. The van der Waals surface area contributed by atoms with Gasteiger partial charge in [0.25, 0.3) is 0 Å². The molecule has 1 aromatic carbocycles. The van der Waals surface area contributed by atoms with Gasteiger partial charge in [-0.25, -0.2) is 0 Å². The maximum absolute atomic E-state index is 8.85. The van der Waals surface area contributed by atoms with Gasteiger partial charge in [-0.2, -0.15) is 11.8 Å². The van der Waals surface area contributed by atoms with Crippen LogP contribution < -0.4 is 10.6 Å². The SMILES string of the molecule is CCC1CN(c2ccccc2/C(N)=N/O)CCS1. The summed E-state index contributed by atoms with van der Waals surface area (Å²) in [5.41, 5.74) is 7.61. The van der Waals surface area contributed by atoms with E-state index in [-0.39, 0.29) is 5.84 Å². The molecule has 1 heterocycles. The summed E-state index contributed by atoms with van der Waals surface area (Å²) in [6.45, 7) is 4.25. The van der Waals surface area contributed by atoms with Gasteiger partial charge in [0.2, 0.25) is 0 Å². The van der Waals surface area contributed by atoms with Crippen LogP contribution in [0, 0.1) is 0 Å². The summed E-state index contributed by atoms with van der Waals surface area (Å²) in [5.74, 6) is 1.31. The van der Waals surface area contributed by atoms with Crippen molar-refractivity contribution in [1.82, 2.24) is 0 Å². The second kappa shape index (κ2) is 6.00. The minimum absolute atomic E-state index is 0.178. The van der Waals surface area contributed by atoms with Crippen LogP contribution in [0.5, 0.6) is 0 Å². The first kappa shape index (κ1) is 13.1. The summed E-state index contributed by atoms with van der Waals surface area (Å²) in [5, 5.41) is 12.6. The van der Waals surface area contributed by atoms with Crippen molar-refractivity contribution in [2.24, 2.45) is 10.9 Å². The Hall–Kier alpha value is -1.36. The van der Waals surface area contributed by atoms with Crippen molar-refractivity contribution in [2.45, 2.75) is 18.6 Å². The average Bonchev–Trinajstić information content (AvgIpc) is 2.46. The standard InChI is InChI=1S/C13H19N3OS/c1-2-10-9-16(7-8-18-10)12-6-4-3-5-11(12)13(14)15-17/h3-6,10,17H,2,7-9H2,1H3,(H2,14,15). The summed E-state index contributed by atoms with van der Waals surface area (Å²) >= 11 is 2.03. The molecule has 1 aromatic rings. The van der Waals surface area contributed by atoms with Crippen molar-refractivity contribution >= 4 is 23.3 Å². The van der Waals surface area contributed by atoms with Crippen LogP contribution in [0.15, 0.2) is 29.4 Å². The lowest BCUT2D eigenvalue weighted by Gasteiger charge is -2.34. The molecule has 0 aromatic heterocycles.